The number of hydrogen-bond donors (Lipinski definition) is 4. The number of aromatic nitrogens is 4. The lowest BCUT2D eigenvalue weighted by Gasteiger charge is -2.39. The average molecular weight is 979 g/mol. The standard InChI is InChI=1S/C54H46N10O9/c1-31-29-61(51(69)34-9-4-3-5-10-34)23-25-64(31)54(72)48(66)40-28-57-45-38(40)19-18-36(46(45)60-50(68)43-20-22-58-73-43)33-14-16-35(17-15-33)52(70)62-24-26-63(32(2)30-62)53(71)47(65)39-27-56-44-37(39)11-8-13-41(44)59-49(67)42-12-6-7-21-55-42/h3-22,27-28,31-32,56-57H,23-26,29-30H2,1-2H3,(H,59,67)(H,60,68)/t31-,32-/m1/s1. The molecule has 8 aromatic rings. The van der Waals surface area contributed by atoms with Gasteiger partial charge in [-0.05, 0) is 61.9 Å². The molecule has 19 nitrogen and oxygen atoms in total. The van der Waals surface area contributed by atoms with Gasteiger partial charge in [-0.2, -0.15) is 0 Å². The second-order valence-electron chi connectivity index (χ2n) is 17.8. The Morgan fingerprint density at radius 3 is 1.77 bits per heavy atom. The topological polar surface area (TPSA) is 244 Å². The number of nitrogens with zero attached hydrogens (tertiary/aromatic N) is 6. The molecule has 0 unspecified atom stereocenters. The molecular weight excluding hydrogens is 933 g/mol. The number of Topliss-reactive ketones (excluding diaryl/α,β-unsaturated/α-hetero) is 2. The molecule has 73 heavy (non-hydrogen) atoms. The molecule has 10 rings (SSSR count). The van der Waals surface area contributed by atoms with Gasteiger partial charge in [0.15, 0.2) is 0 Å². The molecule has 0 saturated carbocycles. The quantitative estimate of drug-likeness (QED) is 0.0826. The van der Waals surface area contributed by atoms with E-state index in [4.69, 9.17) is 4.52 Å². The number of amides is 6. The Hall–Kier alpha value is -9.52. The van der Waals surface area contributed by atoms with Gasteiger partial charge in [0.1, 0.15) is 5.69 Å². The van der Waals surface area contributed by atoms with Crippen LogP contribution in [0.15, 0.2) is 139 Å². The Balaban J connectivity index is 0.826. The highest BCUT2D eigenvalue weighted by Crippen LogP contribution is 2.37. The van der Waals surface area contributed by atoms with Crippen molar-refractivity contribution in [2.75, 3.05) is 49.9 Å². The van der Waals surface area contributed by atoms with E-state index in [1.807, 2.05) is 6.07 Å². The van der Waals surface area contributed by atoms with Gasteiger partial charge in [-0.25, -0.2) is 0 Å². The Bertz CT molecular complexity index is 3480. The van der Waals surface area contributed by atoms with Crippen LogP contribution in [0, 0.1) is 0 Å². The number of hydrogen-bond acceptors (Lipinski definition) is 11. The molecule has 6 heterocycles. The number of nitrogens with one attached hydrogen (secondary N) is 4. The van der Waals surface area contributed by atoms with Crippen molar-refractivity contribution in [2.45, 2.75) is 25.9 Å². The average Bonchev–Trinajstić information content (AvgIpc) is 4.23. The van der Waals surface area contributed by atoms with Crippen LogP contribution in [0.1, 0.15) is 76.3 Å². The van der Waals surface area contributed by atoms with Crippen LogP contribution < -0.4 is 10.6 Å². The molecule has 2 aliphatic rings. The first kappa shape index (κ1) is 47.2. The Morgan fingerprint density at radius 1 is 0.575 bits per heavy atom. The van der Waals surface area contributed by atoms with Gasteiger partial charge in [0.25, 0.3) is 47.0 Å². The van der Waals surface area contributed by atoms with Crippen LogP contribution in [-0.2, 0) is 9.59 Å². The number of pyridine rings is 1. The van der Waals surface area contributed by atoms with E-state index in [-0.39, 0.29) is 79.4 Å². The van der Waals surface area contributed by atoms with E-state index in [2.05, 4.69) is 30.7 Å². The minimum atomic E-state index is -0.760. The largest absolute Gasteiger partial charge is 0.359 e. The first-order valence-corrected chi connectivity index (χ1v) is 23.5. The molecule has 366 valence electrons. The molecule has 19 heteroatoms. The van der Waals surface area contributed by atoms with E-state index in [1.165, 1.54) is 40.7 Å². The Kier molecular flexibility index (Phi) is 12.7. The number of benzene rings is 4. The molecule has 2 atom stereocenters. The van der Waals surface area contributed by atoms with Crippen molar-refractivity contribution in [3.63, 3.8) is 0 Å². The molecule has 2 aliphatic heterocycles. The SMILES string of the molecule is C[C@@H]1CN(C(=O)c2ccc(-c3ccc4c(C(=O)C(=O)N5CCN(C(=O)c6ccccc6)C[C@H]5C)c[nH]c4c3NC(=O)c3ccno3)cc2)CCN1C(=O)C(=O)c1c[nH]c2c(NC(=O)c3ccccn3)cccc12. The lowest BCUT2D eigenvalue weighted by Crippen LogP contribution is -2.56. The van der Waals surface area contributed by atoms with Gasteiger partial charge >= 0.3 is 0 Å². The van der Waals surface area contributed by atoms with Gasteiger partial charge in [0.05, 0.1) is 39.7 Å². The molecule has 4 aromatic heterocycles. The van der Waals surface area contributed by atoms with E-state index < -0.39 is 47.3 Å². The summed E-state index contributed by atoms with van der Waals surface area (Å²) in [5.74, 6) is -4.51. The zero-order chi connectivity index (χ0) is 50.9. The van der Waals surface area contributed by atoms with Gasteiger partial charge in [-0.1, -0.05) is 65.8 Å². The third kappa shape index (κ3) is 9.10. The lowest BCUT2D eigenvalue weighted by atomic mass is 9.98. The van der Waals surface area contributed by atoms with Crippen molar-refractivity contribution in [2.24, 2.45) is 0 Å². The number of aromatic amines is 2. The van der Waals surface area contributed by atoms with Crippen LogP contribution in [-0.4, -0.2) is 138 Å². The van der Waals surface area contributed by atoms with Crippen molar-refractivity contribution >= 4 is 80.2 Å². The van der Waals surface area contributed by atoms with Crippen LogP contribution in [0.5, 0.6) is 0 Å². The summed E-state index contributed by atoms with van der Waals surface area (Å²) in [6, 6.07) is 29.5. The highest BCUT2D eigenvalue weighted by Gasteiger charge is 2.36. The van der Waals surface area contributed by atoms with Crippen molar-refractivity contribution in [3.8, 4) is 11.1 Å². The predicted octanol–water partition coefficient (Wildman–Crippen LogP) is 6.32. The van der Waals surface area contributed by atoms with Crippen LogP contribution >= 0.6 is 0 Å². The van der Waals surface area contributed by atoms with Crippen molar-refractivity contribution < 1.29 is 42.9 Å². The molecule has 0 radical (unpaired) electrons. The van der Waals surface area contributed by atoms with Gasteiger partial charge < -0.3 is 44.7 Å². The number of para-hydroxylation sites is 1. The number of anilines is 2. The summed E-state index contributed by atoms with van der Waals surface area (Å²) >= 11 is 0. The summed E-state index contributed by atoms with van der Waals surface area (Å²) in [6.45, 7) is 4.66. The van der Waals surface area contributed by atoms with Crippen molar-refractivity contribution in [1.29, 1.82) is 0 Å². The van der Waals surface area contributed by atoms with E-state index in [0.717, 1.165) is 0 Å². The van der Waals surface area contributed by atoms with Gasteiger partial charge in [0, 0.05) is 103 Å². The summed E-state index contributed by atoms with van der Waals surface area (Å²) < 4.78 is 5.13. The second-order valence-corrected chi connectivity index (χ2v) is 17.8. The fourth-order valence-corrected chi connectivity index (χ4v) is 9.51. The third-order valence-electron chi connectivity index (χ3n) is 13.3. The molecule has 4 N–H and O–H groups in total. The first-order chi connectivity index (χ1) is 35.4. The zero-order valence-electron chi connectivity index (χ0n) is 39.5. The monoisotopic (exact) mass is 978 g/mol. The van der Waals surface area contributed by atoms with Crippen LogP contribution in [0.4, 0.5) is 11.4 Å². The maximum absolute atomic E-state index is 14.0. The highest BCUT2D eigenvalue weighted by molar-refractivity contribution is 6.46. The van der Waals surface area contributed by atoms with Crippen LogP contribution in [0.3, 0.4) is 0 Å². The van der Waals surface area contributed by atoms with Gasteiger partial charge in [-0.3, -0.25) is 43.3 Å². The number of piperazine rings is 2. The summed E-state index contributed by atoms with van der Waals surface area (Å²) in [7, 11) is 0. The molecular formula is C54H46N10O9. The summed E-state index contributed by atoms with van der Waals surface area (Å²) in [5, 5.41) is 10.2. The van der Waals surface area contributed by atoms with Crippen molar-refractivity contribution in [1.82, 2.24) is 39.7 Å². The summed E-state index contributed by atoms with van der Waals surface area (Å²) in [5.41, 5.74) is 3.99. The molecule has 0 bridgehead atoms. The normalized spacial score (nSPS) is 15.8. The maximum Gasteiger partial charge on any atom is 0.295 e. The Morgan fingerprint density at radius 2 is 1.18 bits per heavy atom. The molecule has 2 fully saturated rings. The third-order valence-corrected chi connectivity index (χ3v) is 13.3. The van der Waals surface area contributed by atoms with Gasteiger partial charge in [0.2, 0.25) is 5.76 Å². The molecule has 0 aliphatic carbocycles. The number of rotatable bonds is 11. The molecule has 2 saturated heterocycles. The minimum Gasteiger partial charge on any atom is -0.359 e. The zero-order valence-corrected chi connectivity index (χ0v) is 39.5. The number of ketones is 2. The fourth-order valence-electron chi connectivity index (χ4n) is 9.51. The smallest absolute Gasteiger partial charge is 0.295 e. The van der Waals surface area contributed by atoms with E-state index in [9.17, 15) is 38.4 Å². The fraction of sp³-hybridized carbons (Fsp3) is 0.185. The maximum atomic E-state index is 14.0. The second kappa shape index (κ2) is 19.7. The van der Waals surface area contributed by atoms with Crippen LogP contribution in [0.25, 0.3) is 32.9 Å². The summed E-state index contributed by atoms with van der Waals surface area (Å²) in [6.07, 6.45) is 5.72. The van der Waals surface area contributed by atoms with E-state index in [0.29, 0.717) is 49.7 Å². The van der Waals surface area contributed by atoms with Gasteiger partial charge in [-0.15, -0.1) is 0 Å². The number of H-pyrrole nitrogens is 2. The minimum absolute atomic E-state index is 0.0719. The Labute approximate surface area is 416 Å². The first-order valence-electron chi connectivity index (χ1n) is 23.5. The van der Waals surface area contributed by atoms with E-state index in [1.54, 1.807) is 121 Å². The van der Waals surface area contributed by atoms with Crippen LogP contribution in [0.2, 0.25) is 0 Å². The van der Waals surface area contributed by atoms with E-state index >= 15 is 0 Å². The van der Waals surface area contributed by atoms with Crippen molar-refractivity contribution in [3.05, 3.63) is 168 Å². The lowest BCUT2D eigenvalue weighted by molar-refractivity contribution is -0.130. The highest BCUT2D eigenvalue weighted by atomic mass is 16.5. The molecule has 0 spiro atoms. The number of carbonyl (C=O) groups excluding carboxylic acids is 8. The number of fused-ring (bicyclic) bond motifs is 2. The molecule has 4 aromatic carbocycles. The number of carbonyl (C=O) groups is 8. The molecule has 6 amide bonds. The summed E-state index contributed by atoms with van der Waals surface area (Å²) in [4.78, 5) is 125. The predicted molar refractivity (Wildman–Crippen MR) is 268 cm³/mol.